The summed E-state index contributed by atoms with van der Waals surface area (Å²) in [6, 6.07) is 17.6. The summed E-state index contributed by atoms with van der Waals surface area (Å²) in [5, 5.41) is 5.47. The summed E-state index contributed by atoms with van der Waals surface area (Å²) in [6.07, 6.45) is 1.51. The Hall–Kier alpha value is -3.44. The molecule has 1 heterocycles. The second kappa shape index (κ2) is 10.9. The predicted molar refractivity (Wildman–Crippen MR) is 138 cm³/mol. The lowest BCUT2D eigenvalue weighted by Gasteiger charge is -2.12. The lowest BCUT2D eigenvalue weighted by atomic mass is 10.2. The van der Waals surface area contributed by atoms with E-state index in [1.54, 1.807) is 36.4 Å². The zero-order valence-corrected chi connectivity index (χ0v) is 21.0. The minimum atomic E-state index is -0.734. The van der Waals surface area contributed by atoms with Gasteiger partial charge in [-0.1, -0.05) is 41.9 Å². The number of nitrogens with zero attached hydrogens (tertiary/aromatic N) is 1. The van der Waals surface area contributed by atoms with E-state index < -0.39 is 30.2 Å². The number of imide groups is 1. The standard InChI is InChI=1S/C25H18ClFIN3O4/c26-17-8-5-15(6-9-17)14-35-22-10-7-16(11-19(22)28)12-21-24(33)31(25(34)30-21)13-23(32)29-20-4-2-1-3-18(20)27/h1-12H,13-14H2,(H,29,32)(H,30,34)/b21-12+. The molecule has 4 rings (SSSR count). The number of rotatable bonds is 7. The first-order valence-electron chi connectivity index (χ1n) is 10.4. The van der Waals surface area contributed by atoms with Gasteiger partial charge in [0.1, 0.15) is 30.4 Å². The van der Waals surface area contributed by atoms with Crippen molar-refractivity contribution in [1.82, 2.24) is 10.2 Å². The van der Waals surface area contributed by atoms with E-state index in [2.05, 4.69) is 33.2 Å². The number of carbonyl (C=O) groups is 3. The summed E-state index contributed by atoms with van der Waals surface area (Å²) >= 11 is 8.02. The highest BCUT2D eigenvalue weighted by molar-refractivity contribution is 14.1. The van der Waals surface area contributed by atoms with Crippen LogP contribution in [-0.2, 0) is 16.2 Å². The van der Waals surface area contributed by atoms with E-state index in [9.17, 15) is 18.8 Å². The Kier molecular flexibility index (Phi) is 7.67. The molecule has 0 spiro atoms. The molecule has 0 atom stereocenters. The molecule has 3 aromatic carbocycles. The predicted octanol–water partition coefficient (Wildman–Crippen LogP) is 5.19. The van der Waals surface area contributed by atoms with Gasteiger partial charge in [-0.25, -0.2) is 14.1 Å². The van der Waals surface area contributed by atoms with Gasteiger partial charge < -0.3 is 15.4 Å². The molecule has 0 unspecified atom stereocenters. The molecule has 0 radical (unpaired) electrons. The fraction of sp³-hybridized carbons (Fsp3) is 0.0800. The van der Waals surface area contributed by atoms with Gasteiger partial charge in [0.05, 0.1) is 9.26 Å². The molecule has 35 heavy (non-hydrogen) atoms. The first kappa shape index (κ1) is 24.7. The van der Waals surface area contributed by atoms with Gasteiger partial charge in [0.2, 0.25) is 5.91 Å². The van der Waals surface area contributed by atoms with Gasteiger partial charge in [-0.3, -0.25) is 9.59 Å². The molecule has 4 amide bonds. The number of urea groups is 1. The van der Waals surface area contributed by atoms with Gasteiger partial charge in [-0.2, -0.15) is 0 Å². The summed E-state index contributed by atoms with van der Waals surface area (Å²) < 4.78 is 20.4. The Morgan fingerprint density at radius 3 is 2.57 bits per heavy atom. The Morgan fingerprint density at radius 1 is 1.11 bits per heavy atom. The van der Waals surface area contributed by atoms with Crippen molar-refractivity contribution < 1.29 is 23.5 Å². The van der Waals surface area contributed by atoms with E-state index in [1.807, 2.05) is 12.1 Å². The van der Waals surface area contributed by atoms with Gasteiger partial charge in [0.25, 0.3) is 5.91 Å². The highest BCUT2D eigenvalue weighted by atomic mass is 127. The second-order valence-electron chi connectivity index (χ2n) is 7.51. The van der Waals surface area contributed by atoms with Crippen LogP contribution in [0.4, 0.5) is 14.9 Å². The number of hydrogen-bond donors (Lipinski definition) is 2. The molecule has 0 aromatic heterocycles. The Labute approximate surface area is 219 Å². The monoisotopic (exact) mass is 605 g/mol. The lowest BCUT2D eigenvalue weighted by Crippen LogP contribution is -2.38. The zero-order valence-electron chi connectivity index (χ0n) is 18.1. The Balaban J connectivity index is 1.40. The fourth-order valence-corrected chi connectivity index (χ4v) is 4.06. The molecule has 0 saturated carbocycles. The van der Waals surface area contributed by atoms with E-state index in [4.69, 9.17) is 16.3 Å². The van der Waals surface area contributed by atoms with Crippen LogP contribution in [0.2, 0.25) is 5.02 Å². The van der Waals surface area contributed by atoms with Crippen molar-refractivity contribution in [3.8, 4) is 5.75 Å². The molecule has 1 aliphatic heterocycles. The van der Waals surface area contributed by atoms with Gasteiger partial charge in [0, 0.05) is 5.02 Å². The quantitative estimate of drug-likeness (QED) is 0.220. The number of carbonyl (C=O) groups excluding carboxylic acids is 3. The van der Waals surface area contributed by atoms with E-state index >= 15 is 0 Å². The summed E-state index contributed by atoms with van der Waals surface area (Å²) in [5.74, 6) is -1.31. The maximum atomic E-state index is 13.7. The SMILES string of the molecule is O=C(CN1C(=O)N/C(=C/c2ccc(OCc3ccc(Cl)cc3)c(I)c2)C1=O)Nc1ccccc1F. The molecular weight excluding hydrogens is 588 g/mol. The summed E-state index contributed by atoms with van der Waals surface area (Å²) in [6.45, 7) is -0.183. The van der Waals surface area contributed by atoms with Gasteiger partial charge in [0.15, 0.2) is 0 Å². The first-order chi connectivity index (χ1) is 16.8. The molecule has 1 saturated heterocycles. The molecule has 1 aliphatic rings. The number of amides is 4. The van der Waals surface area contributed by atoms with Gasteiger partial charge in [-0.05, 0) is 76.2 Å². The van der Waals surface area contributed by atoms with Crippen LogP contribution in [0, 0.1) is 9.39 Å². The first-order valence-corrected chi connectivity index (χ1v) is 11.8. The number of halogens is 3. The number of nitrogens with one attached hydrogen (secondary N) is 2. The third kappa shape index (κ3) is 6.17. The average molecular weight is 606 g/mol. The van der Waals surface area contributed by atoms with Crippen LogP contribution < -0.4 is 15.4 Å². The third-order valence-corrected chi connectivity index (χ3v) is 6.08. The molecule has 10 heteroatoms. The summed E-state index contributed by atoms with van der Waals surface area (Å²) in [7, 11) is 0. The van der Waals surface area contributed by atoms with E-state index in [0.717, 1.165) is 14.0 Å². The zero-order chi connectivity index (χ0) is 24.9. The Bertz CT molecular complexity index is 1330. The molecule has 0 bridgehead atoms. The van der Waals surface area contributed by atoms with Crippen molar-refractivity contribution in [2.24, 2.45) is 0 Å². The molecule has 7 nitrogen and oxygen atoms in total. The van der Waals surface area contributed by atoms with Crippen molar-refractivity contribution in [2.75, 3.05) is 11.9 Å². The van der Waals surface area contributed by atoms with Crippen LogP contribution in [0.1, 0.15) is 11.1 Å². The van der Waals surface area contributed by atoms with Crippen molar-refractivity contribution in [3.63, 3.8) is 0 Å². The van der Waals surface area contributed by atoms with Crippen LogP contribution >= 0.6 is 34.2 Å². The van der Waals surface area contributed by atoms with Gasteiger partial charge in [-0.15, -0.1) is 0 Å². The van der Waals surface area contributed by atoms with Crippen molar-refractivity contribution in [1.29, 1.82) is 0 Å². The third-order valence-electron chi connectivity index (χ3n) is 4.99. The van der Waals surface area contributed by atoms with Crippen LogP contribution in [-0.4, -0.2) is 29.3 Å². The highest BCUT2D eigenvalue weighted by Crippen LogP contribution is 2.25. The van der Waals surface area contributed by atoms with Crippen LogP contribution in [0.5, 0.6) is 5.75 Å². The largest absolute Gasteiger partial charge is 0.488 e. The minimum Gasteiger partial charge on any atom is -0.488 e. The van der Waals surface area contributed by atoms with E-state index in [-0.39, 0.29) is 11.4 Å². The fourth-order valence-electron chi connectivity index (χ4n) is 3.24. The Morgan fingerprint density at radius 2 is 1.86 bits per heavy atom. The van der Waals surface area contributed by atoms with E-state index in [0.29, 0.717) is 22.9 Å². The molecular formula is C25H18ClFIN3O4. The minimum absolute atomic E-state index is 0.0272. The number of anilines is 1. The molecule has 1 fully saturated rings. The van der Waals surface area contributed by atoms with Crippen molar-refractivity contribution >= 4 is 63.8 Å². The number of ether oxygens (including phenoxy) is 1. The maximum absolute atomic E-state index is 13.7. The van der Waals surface area contributed by atoms with Crippen molar-refractivity contribution in [2.45, 2.75) is 6.61 Å². The van der Waals surface area contributed by atoms with Crippen LogP contribution in [0.15, 0.2) is 72.4 Å². The second-order valence-corrected chi connectivity index (χ2v) is 9.11. The van der Waals surface area contributed by atoms with E-state index in [1.165, 1.54) is 24.3 Å². The van der Waals surface area contributed by atoms with Crippen molar-refractivity contribution in [3.05, 3.63) is 98.0 Å². The smallest absolute Gasteiger partial charge is 0.329 e. The van der Waals surface area contributed by atoms with Crippen LogP contribution in [0.25, 0.3) is 6.08 Å². The number of para-hydroxylation sites is 1. The summed E-state index contributed by atoms with van der Waals surface area (Å²) in [5.41, 5.74) is 1.62. The summed E-state index contributed by atoms with van der Waals surface area (Å²) in [4.78, 5) is 38.0. The van der Waals surface area contributed by atoms with Gasteiger partial charge >= 0.3 is 6.03 Å². The van der Waals surface area contributed by atoms with Crippen LogP contribution in [0.3, 0.4) is 0 Å². The maximum Gasteiger partial charge on any atom is 0.329 e. The molecule has 0 aliphatic carbocycles. The lowest BCUT2D eigenvalue weighted by molar-refractivity contribution is -0.127. The highest BCUT2D eigenvalue weighted by Gasteiger charge is 2.35. The average Bonchev–Trinajstić information content (AvgIpc) is 3.08. The molecule has 3 aromatic rings. The number of hydrogen-bond acceptors (Lipinski definition) is 4. The molecule has 178 valence electrons. The molecule has 2 N–H and O–H groups in total. The number of benzene rings is 3. The topological polar surface area (TPSA) is 87.7 Å². The normalized spacial score (nSPS) is 14.3.